The molecule has 0 aliphatic heterocycles. The van der Waals surface area contributed by atoms with Gasteiger partial charge >= 0.3 is 0 Å². The summed E-state index contributed by atoms with van der Waals surface area (Å²) in [5.74, 6) is 1.61. The van der Waals surface area contributed by atoms with Gasteiger partial charge in [-0.2, -0.15) is 0 Å². The number of para-hydroxylation sites is 1. The lowest BCUT2D eigenvalue weighted by Gasteiger charge is -2.25. The first-order valence-corrected chi connectivity index (χ1v) is 7.09. The Bertz CT molecular complexity index is 547. The number of hydrogen-bond donors (Lipinski definition) is 2. The first kappa shape index (κ1) is 12.4. The Balaban J connectivity index is 1.62. The third-order valence-electron chi connectivity index (χ3n) is 3.99. The van der Waals surface area contributed by atoms with Crippen molar-refractivity contribution < 1.29 is 5.11 Å². The Kier molecular flexibility index (Phi) is 3.65. The van der Waals surface area contributed by atoms with Crippen LogP contribution in [0.25, 0.3) is 10.9 Å². The van der Waals surface area contributed by atoms with Crippen LogP contribution in [0.2, 0.25) is 0 Å². The van der Waals surface area contributed by atoms with Crippen molar-refractivity contribution >= 4 is 16.7 Å². The molecule has 0 saturated heterocycles. The van der Waals surface area contributed by atoms with Gasteiger partial charge in [0, 0.05) is 11.9 Å². The van der Waals surface area contributed by atoms with Gasteiger partial charge in [-0.1, -0.05) is 18.2 Å². The monoisotopic (exact) mass is 256 g/mol. The Labute approximate surface area is 113 Å². The summed E-state index contributed by atoms with van der Waals surface area (Å²) in [6.45, 7) is 0.956. The smallest absolute Gasteiger partial charge is 0.126 e. The molecule has 0 radical (unpaired) electrons. The Hall–Kier alpha value is -1.61. The zero-order chi connectivity index (χ0) is 13.1. The van der Waals surface area contributed by atoms with Crippen LogP contribution in [0.5, 0.6) is 0 Å². The zero-order valence-electron chi connectivity index (χ0n) is 11.0. The molecular formula is C16H20N2O. The van der Waals surface area contributed by atoms with Crippen molar-refractivity contribution in [3.05, 3.63) is 36.4 Å². The standard InChI is InChI=1S/C16H20N2O/c19-14-8-5-12(6-9-14)11-17-16-10-7-13-3-1-2-4-15(13)18-16/h1-4,7,10,12,14,19H,5-6,8-9,11H2,(H,17,18). The molecule has 1 aromatic carbocycles. The molecule has 2 N–H and O–H groups in total. The van der Waals surface area contributed by atoms with Gasteiger partial charge in [0.05, 0.1) is 11.6 Å². The summed E-state index contributed by atoms with van der Waals surface area (Å²) in [7, 11) is 0. The van der Waals surface area contributed by atoms with Gasteiger partial charge in [-0.05, 0) is 49.8 Å². The summed E-state index contributed by atoms with van der Waals surface area (Å²) < 4.78 is 0. The number of nitrogens with zero attached hydrogens (tertiary/aromatic N) is 1. The van der Waals surface area contributed by atoms with Crippen LogP contribution in [-0.4, -0.2) is 22.7 Å². The molecule has 100 valence electrons. The van der Waals surface area contributed by atoms with Crippen LogP contribution in [0.15, 0.2) is 36.4 Å². The number of aliphatic hydroxyl groups excluding tert-OH is 1. The van der Waals surface area contributed by atoms with E-state index < -0.39 is 0 Å². The lowest BCUT2D eigenvalue weighted by molar-refractivity contribution is 0.111. The average Bonchev–Trinajstić information content (AvgIpc) is 2.46. The van der Waals surface area contributed by atoms with Gasteiger partial charge in [0.2, 0.25) is 0 Å². The van der Waals surface area contributed by atoms with Crippen molar-refractivity contribution in [1.29, 1.82) is 0 Å². The predicted molar refractivity (Wildman–Crippen MR) is 78.2 cm³/mol. The second-order valence-corrected chi connectivity index (χ2v) is 5.44. The fourth-order valence-electron chi connectivity index (χ4n) is 2.76. The molecule has 3 nitrogen and oxygen atoms in total. The summed E-state index contributed by atoms with van der Waals surface area (Å²) in [6.07, 6.45) is 4.04. The van der Waals surface area contributed by atoms with Crippen LogP contribution in [0.1, 0.15) is 25.7 Å². The van der Waals surface area contributed by atoms with Crippen LogP contribution in [0.4, 0.5) is 5.82 Å². The minimum atomic E-state index is -0.0740. The normalized spacial score (nSPS) is 23.4. The molecule has 19 heavy (non-hydrogen) atoms. The minimum Gasteiger partial charge on any atom is -0.393 e. The molecule has 1 aliphatic rings. The quantitative estimate of drug-likeness (QED) is 0.886. The Morgan fingerprint density at radius 3 is 2.68 bits per heavy atom. The number of aromatic nitrogens is 1. The van der Waals surface area contributed by atoms with Crippen LogP contribution < -0.4 is 5.32 Å². The van der Waals surface area contributed by atoms with Gasteiger partial charge < -0.3 is 10.4 Å². The number of benzene rings is 1. The Morgan fingerprint density at radius 2 is 1.84 bits per heavy atom. The highest BCUT2D eigenvalue weighted by atomic mass is 16.3. The molecule has 3 rings (SSSR count). The maximum Gasteiger partial charge on any atom is 0.126 e. The molecule has 1 fully saturated rings. The largest absolute Gasteiger partial charge is 0.393 e. The third kappa shape index (κ3) is 3.04. The van der Waals surface area contributed by atoms with Crippen molar-refractivity contribution in [3.63, 3.8) is 0 Å². The first-order chi connectivity index (χ1) is 9.31. The summed E-state index contributed by atoms with van der Waals surface area (Å²) in [5.41, 5.74) is 1.03. The molecule has 0 amide bonds. The number of aliphatic hydroxyl groups is 1. The molecule has 1 heterocycles. The number of anilines is 1. The molecule has 2 aromatic rings. The number of hydrogen-bond acceptors (Lipinski definition) is 3. The van der Waals surface area contributed by atoms with E-state index >= 15 is 0 Å². The van der Waals surface area contributed by atoms with Crippen molar-refractivity contribution in [2.24, 2.45) is 5.92 Å². The van der Waals surface area contributed by atoms with Gasteiger partial charge in [-0.15, -0.1) is 0 Å². The van der Waals surface area contributed by atoms with Crippen molar-refractivity contribution in [3.8, 4) is 0 Å². The maximum atomic E-state index is 9.50. The molecule has 0 bridgehead atoms. The van der Waals surface area contributed by atoms with Gasteiger partial charge in [0.15, 0.2) is 0 Å². The second kappa shape index (κ2) is 5.57. The molecule has 1 saturated carbocycles. The molecule has 1 aliphatic carbocycles. The van der Waals surface area contributed by atoms with Crippen molar-refractivity contribution in [2.75, 3.05) is 11.9 Å². The van der Waals surface area contributed by atoms with E-state index in [1.807, 2.05) is 24.3 Å². The first-order valence-electron chi connectivity index (χ1n) is 7.09. The van der Waals surface area contributed by atoms with Crippen LogP contribution in [0.3, 0.4) is 0 Å². The van der Waals surface area contributed by atoms with E-state index in [1.165, 1.54) is 5.39 Å². The Morgan fingerprint density at radius 1 is 1.05 bits per heavy atom. The van der Waals surface area contributed by atoms with Gasteiger partial charge in [-0.25, -0.2) is 4.98 Å². The highest BCUT2D eigenvalue weighted by molar-refractivity contribution is 5.79. The lowest BCUT2D eigenvalue weighted by atomic mass is 9.87. The van der Waals surface area contributed by atoms with Gasteiger partial charge in [0.1, 0.15) is 5.82 Å². The van der Waals surface area contributed by atoms with E-state index in [2.05, 4.69) is 22.4 Å². The highest BCUT2D eigenvalue weighted by Gasteiger charge is 2.18. The van der Waals surface area contributed by atoms with Crippen molar-refractivity contribution in [1.82, 2.24) is 4.98 Å². The summed E-state index contributed by atoms with van der Waals surface area (Å²) in [5, 5.41) is 14.1. The van der Waals surface area contributed by atoms with Crippen LogP contribution >= 0.6 is 0 Å². The summed E-state index contributed by atoms with van der Waals surface area (Å²) >= 11 is 0. The molecule has 3 heteroatoms. The zero-order valence-corrected chi connectivity index (χ0v) is 11.0. The van der Waals surface area contributed by atoms with Crippen LogP contribution in [-0.2, 0) is 0 Å². The summed E-state index contributed by atoms with van der Waals surface area (Å²) in [4.78, 5) is 4.61. The number of pyridine rings is 1. The lowest BCUT2D eigenvalue weighted by Crippen LogP contribution is -2.23. The predicted octanol–water partition coefficient (Wildman–Crippen LogP) is 3.20. The highest BCUT2D eigenvalue weighted by Crippen LogP contribution is 2.24. The van der Waals surface area contributed by atoms with E-state index in [0.29, 0.717) is 5.92 Å². The van der Waals surface area contributed by atoms with E-state index in [0.717, 1.165) is 43.6 Å². The topological polar surface area (TPSA) is 45.1 Å². The second-order valence-electron chi connectivity index (χ2n) is 5.44. The van der Waals surface area contributed by atoms with Crippen molar-refractivity contribution in [2.45, 2.75) is 31.8 Å². The van der Waals surface area contributed by atoms with Crippen LogP contribution in [0, 0.1) is 5.92 Å². The van der Waals surface area contributed by atoms with E-state index in [9.17, 15) is 5.11 Å². The SMILES string of the molecule is OC1CCC(CNc2ccc3ccccc3n2)CC1. The van der Waals surface area contributed by atoms with Gasteiger partial charge in [-0.3, -0.25) is 0 Å². The summed E-state index contributed by atoms with van der Waals surface area (Å²) in [6, 6.07) is 12.3. The fourth-order valence-corrected chi connectivity index (χ4v) is 2.76. The minimum absolute atomic E-state index is 0.0740. The fraction of sp³-hybridized carbons (Fsp3) is 0.438. The third-order valence-corrected chi connectivity index (χ3v) is 3.99. The molecule has 0 atom stereocenters. The van der Waals surface area contributed by atoms with E-state index in [-0.39, 0.29) is 6.10 Å². The molecular weight excluding hydrogens is 236 g/mol. The number of nitrogens with one attached hydrogen (secondary N) is 1. The van der Waals surface area contributed by atoms with Gasteiger partial charge in [0.25, 0.3) is 0 Å². The number of rotatable bonds is 3. The average molecular weight is 256 g/mol. The molecule has 0 unspecified atom stereocenters. The maximum absolute atomic E-state index is 9.50. The van der Waals surface area contributed by atoms with E-state index in [1.54, 1.807) is 0 Å². The number of fused-ring (bicyclic) bond motifs is 1. The van der Waals surface area contributed by atoms with E-state index in [4.69, 9.17) is 0 Å². The molecule has 0 spiro atoms. The molecule has 1 aromatic heterocycles.